The average molecular weight is 216 g/mol. The van der Waals surface area contributed by atoms with Crippen molar-refractivity contribution in [3.8, 4) is 0 Å². The Hall–Kier alpha value is -1.56. The van der Waals surface area contributed by atoms with Crippen LogP contribution in [0.3, 0.4) is 0 Å². The Bertz CT molecular complexity index is 250. The van der Waals surface area contributed by atoms with Crippen molar-refractivity contribution in [2.24, 2.45) is 5.73 Å². The monoisotopic (exact) mass is 216 g/mol. The van der Waals surface area contributed by atoms with E-state index in [1.54, 1.807) is 13.0 Å². The molecule has 0 atom stereocenters. The highest BCUT2D eigenvalue weighted by atomic mass is 16.5. The van der Waals surface area contributed by atoms with Gasteiger partial charge in [0.05, 0.1) is 7.11 Å². The molecule has 0 aromatic heterocycles. The highest BCUT2D eigenvalue weighted by molar-refractivity contribution is 5.87. The van der Waals surface area contributed by atoms with Gasteiger partial charge in [-0.2, -0.15) is 0 Å². The van der Waals surface area contributed by atoms with E-state index in [1.807, 2.05) is 0 Å². The third-order valence-corrected chi connectivity index (χ3v) is 1.58. The smallest absolute Gasteiger partial charge is 0.404 e. The zero-order valence-corrected chi connectivity index (χ0v) is 8.91. The van der Waals surface area contributed by atoms with Gasteiger partial charge in [-0.1, -0.05) is 6.08 Å². The minimum Gasteiger partial charge on any atom is -0.466 e. The highest BCUT2D eigenvalue weighted by Crippen LogP contribution is 1.93. The van der Waals surface area contributed by atoms with Crippen LogP contribution in [0.1, 0.15) is 6.92 Å². The van der Waals surface area contributed by atoms with E-state index in [-0.39, 0.29) is 12.6 Å². The van der Waals surface area contributed by atoms with Crippen LogP contribution < -0.4 is 11.1 Å². The zero-order valence-electron chi connectivity index (χ0n) is 8.91. The standard InChI is InChI=1S/C9H16N2O4/c1-7(8(12)14-2)3-4-11-5-6-15-9(10)13/h3,11H,4-6H2,1-2H3,(H2,10,13). The average Bonchev–Trinajstić information content (AvgIpc) is 2.21. The van der Waals surface area contributed by atoms with Crippen molar-refractivity contribution in [3.63, 3.8) is 0 Å². The second kappa shape index (κ2) is 7.81. The van der Waals surface area contributed by atoms with E-state index in [0.29, 0.717) is 18.7 Å². The van der Waals surface area contributed by atoms with Crippen LogP contribution in [0, 0.1) is 0 Å². The number of amides is 1. The summed E-state index contributed by atoms with van der Waals surface area (Å²) in [7, 11) is 1.33. The van der Waals surface area contributed by atoms with Gasteiger partial charge in [-0.3, -0.25) is 0 Å². The SMILES string of the molecule is COC(=O)C(C)=CCNCCOC(N)=O. The van der Waals surface area contributed by atoms with Gasteiger partial charge >= 0.3 is 12.1 Å². The maximum atomic E-state index is 10.9. The summed E-state index contributed by atoms with van der Waals surface area (Å²) in [4.78, 5) is 21.1. The maximum absolute atomic E-state index is 10.9. The van der Waals surface area contributed by atoms with Gasteiger partial charge < -0.3 is 20.5 Å². The first kappa shape index (κ1) is 13.4. The number of primary amides is 1. The first-order chi connectivity index (χ1) is 7.07. The minimum atomic E-state index is -0.793. The number of ether oxygens (including phenoxy) is 2. The molecule has 0 unspecified atom stereocenters. The second-order valence-electron chi connectivity index (χ2n) is 2.75. The Labute approximate surface area is 88.4 Å². The predicted molar refractivity (Wildman–Crippen MR) is 54.2 cm³/mol. The van der Waals surface area contributed by atoms with Crippen LogP contribution in [0.15, 0.2) is 11.6 Å². The van der Waals surface area contributed by atoms with Crippen molar-refractivity contribution in [1.82, 2.24) is 5.32 Å². The van der Waals surface area contributed by atoms with Crippen LogP contribution in [0.4, 0.5) is 4.79 Å². The number of esters is 1. The van der Waals surface area contributed by atoms with E-state index in [4.69, 9.17) is 5.73 Å². The second-order valence-corrected chi connectivity index (χ2v) is 2.75. The first-order valence-electron chi connectivity index (χ1n) is 4.46. The van der Waals surface area contributed by atoms with Crippen LogP contribution in [0.2, 0.25) is 0 Å². The number of hydrogen-bond acceptors (Lipinski definition) is 5. The number of carbonyl (C=O) groups is 2. The number of hydrogen-bond donors (Lipinski definition) is 2. The van der Waals surface area contributed by atoms with Crippen LogP contribution >= 0.6 is 0 Å². The van der Waals surface area contributed by atoms with Crippen molar-refractivity contribution in [2.75, 3.05) is 26.8 Å². The summed E-state index contributed by atoms with van der Waals surface area (Å²) in [5.74, 6) is -0.356. The molecule has 0 aliphatic heterocycles. The summed E-state index contributed by atoms with van der Waals surface area (Å²) >= 11 is 0. The van der Waals surface area contributed by atoms with Crippen molar-refractivity contribution in [3.05, 3.63) is 11.6 Å². The van der Waals surface area contributed by atoms with Gasteiger partial charge in [0.1, 0.15) is 6.61 Å². The van der Waals surface area contributed by atoms with Gasteiger partial charge in [0, 0.05) is 18.7 Å². The van der Waals surface area contributed by atoms with Gasteiger partial charge in [0.25, 0.3) is 0 Å². The molecular formula is C9H16N2O4. The van der Waals surface area contributed by atoms with E-state index in [2.05, 4.69) is 14.8 Å². The molecule has 0 bridgehead atoms. The molecule has 0 heterocycles. The van der Waals surface area contributed by atoms with E-state index < -0.39 is 6.09 Å². The van der Waals surface area contributed by atoms with Crippen molar-refractivity contribution < 1.29 is 19.1 Å². The number of methoxy groups -OCH3 is 1. The Kier molecular flexibility index (Phi) is 7.00. The lowest BCUT2D eigenvalue weighted by Gasteiger charge is -2.02. The predicted octanol–water partition coefficient (Wildman–Crippen LogP) is -0.209. The molecule has 1 amide bonds. The fourth-order valence-corrected chi connectivity index (χ4v) is 0.795. The largest absolute Gasteiger partial charge is 0.466 e. The summed E-state index contributed by atoms with van der Waals surface area (Å²) in [6, 6.07) is 0. The topological polar surface area (TPSA) is 90.7 Å². The lowest BCUT2D eigenvalue weighted by Crippen LogP contribution is -2.24. The molecule has 0 aromatic carbocycles. The number of carbonyl (C=O) groups excluding carboxylic acids is 2. The fraction of sp³-hybridized carbons (Fsp3) is 0.556. The van der Waals surface area contributed by atoms with Gasteiger partial charge in [0.2, 0.25) is 0 Å². The zero-order chi connectivity index (χ0) is 11.7. The third kappa shape index (κ3) is 7.51. The lowest BCUT2D eigenvalue weighted by atomic mass is 10.3. The van der Waals surface area contributed by atoms with Crippen LogP contribution in [0.25, 0.3) is 0 Å². The molecule has 0 fully saturated rings. The van der Waals surface area contributed by atoms with Gasteiger partial charge in [0.15, 0.2) is 0 Å². The van der Waals surface area contributed by atoms with Crippen LogP contribution in [-0.2, 0) is 14.3 Å². The van der Waals surface area contributed by atoms with Gasteiger partial charge in [-0.05, 0) is 6.92 Å². The Morgan fingerprint density at radius 3 is 2.67 bits per heavy atom. The summed E-state index contributed by atoms with van der Waals surface area (Å²) in [6.07, 6.45) is 0.897. The lowest BCUT2D eigenvalue weighted by molar-refractivity contribution is -0.136. The molecule has 0 saturated heterocycles. The Morgan fingerprint density at radius 2 is 2.13 bits per heavy atom. The van der Waals surface area contributed by atoms with E-state index in [9.17, 15) is 9.59 Å². The van der Waals surface area contributed by atoms with Crippen molar-refractivity contribution in [1.29, 1.82) is 0 Å². The summed E-state index contributed by atoms with van der Waals surface area (Å²) in [5.41, 5.74) is 5.28. The van der Waals surface area contributed by atoms with E-state index >= 15 is 0 Å². The maximum Gasteiger partial charge on any atom is 0.404 e. The fourth-order valence-electron chi connectivity index (χ4n) is 0.795. The number of nitrogens with two attached hydrogens (primary N) is 1. The quantitative estimate of drug-likeness (QED) is 0.364. The highest BCUT2D eigenvalue weighted by Gasteiger charge is 2.00. The van der Waals surface area contributed by atoms with Crippen molar-refractivity contribution >= 4 is 12.1 Å². The third-order valence-electron chi connectivity index (χ3n) is 1.58. The van der Waals surface area contributed by atoms with Crippen LogP contribution in [0.5, 0.6) is 0 Å². The van der Waals surface area contributed by atoms with Gasteiger partial charge in [-0.25, -0.2) is 9.59 Å². The molecule has 0 radical (unpaired) electrons. The molecule has 86 valence electrons. The van der Waals surface area contributed by atoms with Crippen LogP contribution in [-0.4, -0.2) is 38.9 Å². The van der Waals surface area contributed by atoms with Gasteiger partial charge in [-0.15, -0.1) is 0 Å². The normalized spacial score (nSPS) is 10.9. The summed E-state index contributed by atoms with van der Waals surface area (Å²) in [5, 5.41) is 2.93. The number of nitrogens with one attached hydrogen (secondary N) is 1. The summed E-state index contributed by atoms with van der Waals surface area (Å²) in [6.45, 7) is 2.85. The summed E-state index contributed by atoms with van der Waals surface area (Å²) < 4.78 is 8.98. The molecule has 0 rings (SSSR count). The Balaban J connectivity index is 3.52. The Morgan fingerprint density at radius 1 is 1.47 bits per heavy atom. The molecule has 0 aromatic rings. The molecule has 0 aliphatic carbocycles. The van der Waals surface area contributed by atoms with E-state index in [0.717, 1.165) is 0 Å². The number of rotatable bonds is 6. The molecule has 0 saturated carbocycles. The molecule has 3 N–H and O–H groups in total. The molecule has 6 nitrogen and oxygen atoms in total. The molecule has 0 aliphatic rings. The molecule has 0 spiro atoms. The minimum absolute atomic E-state index is 0.209. The van der Waals surface area contributed by atoms with E-state index in [1.165, 1.54) is 7.11 Å². The first-order valence-corrected chi connectivity index (χ1v) is 4.46. The molecule has 6 heteroatoms. The molecule has 15 heavy (non-hydrogen) atoms. The van der Waals surface area contributed by atoms with Crippen molar-refractivity contribution in [2.45, 2.75) is 6.92 Å². The molecular weight excluding hydrogens is 200 g/mol.